The van der Waals surface area contributed by atoms with Gasteiger partial charge in [0, 0.05) is 43.5 Å². The third-order valence-corrected chi connectivity index (χ3v) is 5.19. The predicted molar refractivity (Wildman–Crippen MR) is 127 cm³/mol. The second kappa shape index (κ2) is 12.0. The molecule has 3 N–H and O–H groups in total. The molecule has 6 nitrogen and oxygen atoms in total. The Morgan fingerprint density at radius 3 is 2.62 bits per heavy atom. The van der Waals surface area contributed by atoms with Crippen molar-refractivity contribution < 1.29 is 9.47 Å². The smallest absolute Gasteiger partial charge is 0.188 e. The number of nitrogens with zero attached hydrogens (tertiary/aromatic N) is 2. The summed E-state index contributed by atoms with van der Waals surface area (Å²) in [5.41, 5.74) is 8.39. The highest BCUT2D eigenvalue weighted by molar-refractivity contribution is 14.0. The highest BCUT2D eigenvalue weighted by atomic mass is 127. The van der Waals surface area contributed by atoms with Crippen molar-refractivity contribution in [3.05, 3.63) is 59.9 Å². The number of aliphatic imine (C=N–C) groups is 1. The zero-order valence-electron chi connectivity index (χ0n) is 17.0. The summed E-state index contributed by atoms with van der Waals surface area (Å²) in [5.74, 6) is 1.38. The van der Waals surface area contributed by atoms with Crippen LogP contribution >= 0.6 is 24.0 Å². The number of nitrogens with one attached hydrogen (secondary N) is 1. The van der Waals surface area contributed by atoms with Gasteiger partial charge in [0.15, 0.2) is 5.96 Å². The lowest BCUT2D eigenvalue weighted by molar-refractivity contribution is 0.0531. The SMILES string of the molecule is CCOc1ccc(C2(CN=C(N)NCCc3ccccn3)CCOCC2)cc1.I. The molecular weight excluding hydrogens is 479 g/mol. The molecule has 1 fully saturated rings. The van der Waals surface area contributed by atoms with Crippen molar-refractivity contribution in [2.75, 3.05) is 32.9 Å². The Bertz CT molecular complexity index is 747. The molecule has 1 aromatic carbocycles. The summed E-state index contributed by atoms with van der Waals surface area (Å²) in [6, 6.07) is 14.3. The van der Waals surface area contributed by atoms with Gasteiger partial charge in [-0.3, -0.25) is 9.98 Å². The number of nitrogens with two attached hydrogens (primary N) is 1. The molecule has 0 bridgehead atoms. The Morgan fingerprint density at radius 2 is 1.97 bits per heavy atom. The Morgan fingerprint density at radius 1 is 1.21 bits per heavy atom. The molecule has 2 heterocycles. The van der Waals surface area contributed by atoms with Gasteiger partial charge in [0.2, 0.25) is 0 Å². The van der Waals surface area contributed by atoms with Crippen molar-refractivity contribution in [1.29, 1.82) is 0 Å². The van der Waals surface area contributed by atoms with Gasteiger partial charge >= 0.3 is 0 Å². The predicted octanol–water partition coefficient (Wildman–Crippen LogP) is 3.29. The lowest BCUT2D eigenvalue weighted by Gasteiger charge is -2.36. The van der Waals surface area contributed by atoms with Crippen LogP contribution in [-0.4, -0.2) is 43.9 Å². The van der Waals surface area contributed by atoms with Gasteiger partial charge in [-0.2, -0.15) is 0 Å². The Kier molecular flexibility index (Phi) is 9.66. The van der Waals surface area contributed by atoms with E-state index >= 15 is 0 Å². The molecule has 0 atom stereocenters. The zero-order chi connectivity index (χ0) is 19.7. The quantitative estimate of drug-likeness (QED) is 0.324. The molecule has 0 unspecified atom stereocenters. The van der Waals surface area contributed by atoms with Crippen LogP contribution in [0.4, 0.5) is 0 Å². The molecule has 0 radical (unpaired) electrons. The highest BCUT2D eigenvalue weighted by Gasteiger charge is 2.34. The Balaban J connectivity index is 0.00000300. The summed E-state index contributed by atoms with van der Waals surface area (Å²) >= 11 is 0. The number of ether oxygens (including phenoxy) is 2. The lowest BCUT2D eigenvalue weighted by Crippen LogP contribution is -2.39. The number of aromatic nitrogens is 1. The summed E-state index contributed by atoms with van der Waals surface area (Å²) in [4.78, 5) is 8.98. The van der Waals surface area contributed by atoms with E-state index in [2.05, 4.69) is 27.4 Å². The highest BCUT2D eigenvalue weighted by Crippen LogP contribution is 2.36. The Labute approximate surface area is 190 Å². The molecular formula is C22H31IN4O2. The maximum Gasteiger partial charge on any atom is 0.188 e. The normalized spacial score (nSPS) is 16.0. The second-order valence-electron chi connectivity index (χ2n) is 7.05. The van der Waals surface area contributed by atoms with Gasteiger partial charge in [0.25, 0.3) is 0 Å². The van der Waals surface area contributed by atoms with Crippen LogP contribution in [0.5, 0.6) is 5.75 Å². The summed E-state index contributed by atoms with van der Waals surface area (Å²) < 4.78 is 11.2. The van der Waals surface area contributed by atoms with Crippen LogP contribution in [0, 0.1) is 0 Å². The standard InChI is InChI=1S/C22H30N4O2.HI/c1-2-28-20-8-6-18(7-9-20)22(11-15-27-16-12-22)17-26-21(23)25-14-10-19-5-3-4-13-24-19;/h3-9,13H,2,10-12,14-17H2,1H3,(H3,23,25,26);1H. The fourth-order valence-corrected chi connectivity index (χ4v) is 3.53. The van der Waals surface area contributed by atoms with E-state index in [-0.39, 0.29) is 29.4 Å². The first-order valence-electron chi connectivity index (χ1n) is 9.97. The number of rotatable bonds is 8. The summed E-state index contributed by atoms with van der Waals surface area (Å²) in [7, 11) is 0. The monoisotopic (exact) mass is 510 g/mol. The zero-order valence-corrected chi connectivity index (χ0v) is 19.3. The van der Waals surface area contributed by atoms with E-state index < -0.39 is 0 Å². The minimum atomic E-state index is -0.0454. The molecule has 1 saturated heterocycles. The van der Waals surface area contributed by atoms with Crippen LogP contribution in [0.1, 0.15) is 31.0 Å². The minimum absolute atomic E-state index is 0. The Hall–Kier alpha value is -1.87. The van der Waals surface area contributed by atoms with Crippen molar-refractivity contribution in [2.45, 2.75) is 31.6 Å². The summed E-state index contributed by atoms with van der Waals surface area (Å²) in [5, 5.41) is 3.20. The van der Waals surface area contributed by atoms with Crippen molar-refractivity contribution >= 4 is 29.9 Å². The average molecular weight is 510 g/mol. The number of guanidine groups is 1. The number of hydrogen-bond acceptors (Lipinski definition) is 4. The van der Waals surface area contributed by atoms with E-state index in [9.17, 15) is 0 Å². The molecule has 0 saturated carbocycles. The van der Waals surface area contributed by atoms with Gasteiger partial charge in [0.05, 0.1) is 13.2 Å². The fraction of sp³-hybridized carbons (Fsp3) is 0.455. The van der Waals surface area contributed by atoms with Crippen LogP contribution in [-0.2, 0) is 16.6 Å². The molecule has 29 heavy (non-hydrogen) atoms. The van der Waals surface area contributed by atoms with Crippen LogP contribution < -0.4 is 15.8 Å². The maximum absolute atomic E-state index is 6.12. The van der Waals surface area contributed by atoms with Crippen molar-refractivity contribution in [3.8, 4) is 5.75 Å². The van der Waals surface area contributed by atoms with Crippen molar-refractivity contribution in [3.63, 3.8) is 0 Å². The molecule has 7 heteroatoms. The third-order valence-electron chi connectivity index (χ3n) is 5.19. The van der Waals surface area contributed by atoms with E-state index in [0.717, 1.165) is 43.9 Å². The minimum Gasteiger partial charge on any atom is -0.494 e. The molecule has 1 aliphatic heterocycles. The van der Waals surface area contributed by atoms with E-state index in [1.165, 1.54) is 5.56 Å². The molecule has 1 aliphatic rings. The van der Waals surface area contributed by atoms with Crippen molar-refractivity contribution in [2.24, 2.45) is 10.7 Å². The van der Waals surface area contributed by atoms with Gasteiger partial charge < -0.3 is 20.5 Å². The van der Waals surface area contributed by atoms with Crippen LogP contribution in [0.2, 0.25) is 0 Å². The van der Waals surface area contributed by atoms with E-state index in [4.69, 9.17) is 15.2 Å². The van der Waals surface area contributed by atoms with Gasteiger partial charge in [0.1, 0.15) is 5.75 Å². The van der Waals surface area contributed by atoms with E-state index in [0.29, 0.717) is 25.7 Å². The van der Waals surface area contributed by atoms with Gasteiger partial charge in [-0.25, -0.2) is 0 Å². The number of halogens is 1. The fourth-order valence-electron chi connectivity index (χ4n) is 3.53. The van der Waals surface area contributed by atoms with Crippen molar-refractivity contribution in [1.82, 2.24) is 10.3 Å². The summed E-state index contributed by atoms with van der Waals surface area (Å²) in [6.45, 7) is 5.51. The van der Waals surface area contributed by atoms with Gasteiger partial charge in [-0.1, -0.05) is 18.2 Å². The van der Waals surface area contributed by atoms with E-state index in [1.54, 1.807) is 6.20 Å². The van der Waals surface area contributed by atoms with Gasteiger partial charge in [-0.05, 0) is 49.6 Å². The number of pyridine rings is 1. The molecule has 2 aromatic rings. The van der Waals surface area contributed by atoms with Crippen LogP contribution in [0.15, 0.2) is 53.7 Å². The topological polar surface area (TPSA) is 81.8 Å². The first kappa shape index (κ1) is 23.4. The lowest BCUT2D eigenvalue weighted by atomic mass is 9.74. The molecule has 0 spiro atoms. The first-order valence-corrected chi connectivity index (χ1v) is 9.97. The van der Waals surface area contributed by atoms with Crippen LogP contribution in [0.25, 0.3) is 0 Å². The average Bonchev–Trinajstić information content (AvgIpc) is 2.74. The van der Waals surface area contributed by atoms with E-state index in [1.807, 2.05) is 37.3 Å². The summed E-state index contributed by atoms with van der Waals surface area (Å²) in [6.07, 6.45) is 4.49. The number of benzene rings is 1. The largest absolute Gasteiger partial charge is 0.494 e. The second-order valence-corrected chi connectivity index (χ2v) is 7.05. The molecule has 158 valence electrons. The molecule has 3 rings (SSSR count). The van der Waals surface area contributed by atoms with Gasteiger partial charge in [-0.15, -0.1) is 24.0 Å². The molecule has 0 amide bonds. The van der Waals surface area contributed by atoms with Crippen LogP contribution in [0.3, 0.4) is 0 Å². The molecule has 0 aliphatic carbocycles. The number of hydrogen-bond donors (Lipinski definition) is 2. The third kappa shape index (κ3) is 6.85. The maximum atomic E-state index is 6.12. The first-order chi connectivity index (χ1) is 13.7. The molecule has 1 aromatic heterocycles.